The summed E-state index contributed by atoms with van der Waals surface area (Å²) in [6, 6.07) is 7.14. The SMILES string of the molecule is CCNC(c1cccc2c1OCCC2)C(C)C1CC1. The molecule has 0 aromatic heterocycles. The topological polar surface area (TPSA) is 21.3 Å². The maximum atomic E-state index is 5.99. The molecule has 3 rings (SSSR count). The van der Waals surface area contributed by atoms with Gasteiger partial charge in [0, 0.05) is 11.6 Å². The fourth-order valence-electron chi connectivity index (χ4n) is 3.35. The molecule has 1 aliphatic carbocycles. The van der Waals surface area contributed by atoms with E-state index in [1.54, 1.807) is 0 Å². The highest BCUT2D eigenvalue weighted by atomic mass is 16.5. The van der Waals surface area contributed by atoms with Crippen molar-refractivity contribution in [1.29, 1.82) is 0 Å². The third kappa shape index (κ3) is 2.64. The molecule has 2 heteroatoms. The summed E-state index contributed by atoms with van der Waals surface area (Å²) in [5, 5.41) is 3.69. The molecule has 2 nitrogen and oxygen atoms in total. The summed E-state index contributed by atoms with van der Waals surface area (Å²) in [7, 11) is 0. The van der Waals surface area contributed by atoms with Crippen LogP contribution in [0.25, 0.3) is 0 Å². The van der Waals surface area contributed by atoms with Crippen molar-refractivity contribution in [2.24, 2.45) is 11.8 Å². The van der Waals surface area contributed by atoms with E-state index < -0.39 is 0 Å². The van der Waals surface area contributed by atoms with Crippen LogP contribution in [0.5, 0.6) is 5.75 Å². The van der Waals surface area contributed by atoms with Gasteiger partial charge in [-0.3, -0.25) is 0 Å². The first-order valence-corrected chi connectivity index (χ1v) is 7.79. The van der Waals surface area contributed by atoms with Crippen LogP contribution in [0.15, 0.2) is 18.2 Å². The second-order valence-corrected chi connectivity index (χ2v) is 6.02. The summed E-state index contributed by atoms with van der Waals surface area (Å²) < 4.78 is 5.99. The van der Waals surface area contributed by atoms with Crippen molar-refractivity contribution >= 4 is 0 Å². The Hall–Kier alpha value is -1.02. The number of para-hydroxylation sites is 1. The number of rotatable bonds is 5. The van der Waals surface area contributed by atoms with Crippen LogP contribution in [0, 0.1) is 11.8 Å². The lowest BCUT2D eigenvalue weighted by Crippen LogP contribution is -2.29. The van der Waals surface area contributed by atoms with Crippen molar-refractivity contribution in [2.75, 3.05) is 13.2 Å². The van der Waals surface area contributed by atoms with E-state index in [-0.39, 0.29) is 0 Å². The van der Waals surface area contributed by atoms with E-state index in [0.717, 1.165) is 25.5 Å². The Morgan fingerprint density at radius 1 is 1.37 bits per heavy atom. The lowest BCUT2D eigenvalue weighted by molar-refractivity contribution is 0.272. The molecule has 2 aliphatic rings. The highest BCUT2D eigenvalue weighted by Gasteiger charge is 2.35. The number of hydrogen-bond acceptors (Lipinski definition) is 2. The van der Waals surface area contributed by atoms with Crippen LogP contribution in [-0.4, -0.2) is 13.2 Å². The number of hydrogen-bond donors (Lipinski definition) is 1. The summed E-state index contributed by atoms with van der Waals surface area (Å²) >= 11 is 0. The zero-order chi connectivity index (χ0) is 13.2. The van der Waals surface area contributed by atoms with Gasteiger partial charge >= 0.3 is 0 Å². The third-order valence-corrected chi connectivity index (χ3v) is 4.61. The summed E-state index contributed by atoms with van der Waals surface area (Å²) in [5.41, 5.74) is 2.79. The minimum absolute atomic E-state index is 0.450. The molecule has 1 heterocycles. The van der Waals surface area contributed by atoms with Crippen molar-refractivity contribution in [1.82, 2.24) is 5.32 Å². The van der Waals surface area contributed by atoms with Crippen LogP contribution < -0.4 is 10.1 Å². The number of benzene rings is 1. The van der Waals surface area contributed by atoms with E-state index in [1.807, 2.05) is 0 Å². The highest BCUT2D eigenvalue weighted by molar-refractivity contribution is 5.44. The van der Waals surface area contributed by atoms with E-state index >= 15 is 0 Å². The molecule has 1 aliphatic heterocycles. The van der Waals surface area contributed by atoms with Gasteiger partial charge in [0.05, 0.1) is 6.61 Å². The Bertz CT molecular complexity index is 439. The van der Waals surface area contributed by atoms with E-state index in [1.165, 1.54) is 36.1 Å². The fraction of sp³-hybridized carbons (Fsp3) is 0.647. The van der Waals surface area contributed by atoms with Crippen LogP contribution in [0.3, 0.4) is 0 Å². The van der Waals surface area contributed by atoms with Gasteiger partial charge in [0.2, 0.25) is 0 Å². The van der Waals surface area contributed by atoms with Gasteiger partial charge in [-0.05, 0) is 49.6 Å². The minimum atomic E-state index is 0.450. The standard InChI is InChI=1S/C17H25NO/c1-3-18-16(12(2)13-9-10-13)15-8-4-6-14-7-5-11-19-17(14)15/h4,6,8,12-13,16,18H,3,5,7,9-11H2,1-2H3. The number of nitrogens with one attached hydrogen (secondary N) is 1. The van der Waals surface area contributed by atoms with E-state index in [0.29, 0.717) is 12.0 Å². The average molecular weight is 259 g/mol. The van der Waals surface area contributed by atoms with E-state index in [2.05, 4.69) is 37.4 Å². The Morgan fingerprint density at radius 2 is 2.21 bits per heavy atom. The zero-order valence-electron chi connectivity index (χ0n) is 12.1. The van der Waals surface area contributed by atoms with Crippen molar-refractivity contribution in [3.8, 4) is 5.75 Å². The van der Waals surface area contributed by atoms with Crippen LogP contribution in [0.2, 0.25) is 0 Å². The van der Waals surface area contributed by atoms with E-state index in [4.69, 9.17) is 4.74 Å². The Balaban J connectivity index is 1.92. The normalized spacial score (nSPS) is 21.4. The highest BCUT2D eigenvalue weighted by Crippen LogP contribution is 2.45. The molecule has 1 aromatic carbocycles. The molecule has 0 bridgehead atoms. The second-order valence-electron chi connectivity index (χ2n) is 6.02. The number of aryl methyl sites for hydroxylation is 1. The fourth-order valence-corrected chi connectivity index (χ4v) is 3.35. The second kappa shape index (κ2) is 5.54. The van der Waals surface area contributed by atoms with Gasteiger partial charge in [-0.25, -0.2) is 0 Å². The van der Waals surface area contributed by atoms with Crippen molar-refractivity contribution < 1.29 is 4.74 Å². The Morgan fingerprint density at radius 3 is 2.95 bits per heavy atom. The molecule has 19 heavy (non-hydrogen) atoms. The molecular formula is C17H25NO. The maximum absolute atomic E-state index is 5.99. The number of ether oxygens (including phenoxy) is 1. The molecule has 0 radical (unpaired) electrons. The van der Waals surface area contributed by atoms with Gasteiger partial charge in [-0.15, -0.1) is 0 Å². The predicted molar refractivity (Wildman–Crippen MR) is 78.6 cm³/mol. The first-order chi connectivity index (χ1) is 9.31. The smallest absolute Gasteiger partial charge is 0.127 e. The molecule has 2 unspecified atom stereocenters. The summed E-state index contributed by atoms with van der Waals surface area (Å²) in [4.78, 5) is 0. The zero-order valence-corrected chi connectivity index (χ0v) is 12.1. The molecule has 0 spiro atoms. The molecular weight excluding hydrogens is 234 g/mol. The molecule has 1 aromatic rings. The minimum Gasteiger partial charge on any atom is -0.493 e. The molecule has 104 valence electrons. The predicted octanol–water partition coefficient (Wildman–Crippen LogP) is 3.71. The molecule has 1 fully saturated rings. The Kier molecular flexibility index (Phi) is 3.79. The lowest BCUT2D eigenvalue weighted by Gasteiger charge is -2.29. The van der Waals surface area contributed by atoms with Gasteiger partial charge in [0.25, 0.3) is 0 Å². The molecule has 0 saturated heterocycles. The summed E-state index contributed by atoms with van der Waals surface area (Å²) in [6.45, 7) is 6.49. The van der Waals surface area contributed by atoms with Crippen LogP contribution in [0.1, 0.15) is 50.3 Å². The third-order valence-electron chi connectivity index (χ3n) is 4.61. The lowest BCUT2D eigenvalue weighted by atomic mass is 9.88. The van der Waals surface area contributed by atoms with Gasteiger partial charge in [-0.2, -0.15) is 0 Å². The van der Waals surface area contributed by atoms with Crippen LogP contribution >= 0.6 is 0 Å². The monoisotopic (exact) mass is 259 g/mol. The van der Waals surface area contributed by atoms with Crippen LogP contribution in [0.4, 0.5) is 0 Å². The van der Waals surface area contributed by atoms with Crippen molar-refractivity contribution in [3.63, 3.8) is 0 Å². The first-order valence-electron chi connectivity index (χ1n) is 7.79. The largest absolute Gasteiger partial charge is 0.493 e. The summed E-state index contributed by atoms with van der Waals surface area (Å²) in [5.74, 6) is 2.78. The number of fused-ring (bicyclic) bond motifs is 1. The molecule has 2 atom stereocenters. The van der Waals surface area contributed by atoms with Crippen molar-refractivity contribution in [2.45, 2.75) is 45.6 Å². The molecule has 0 amide bonds. The van der Waals surface area contributed by atoms with E-state index in [9.17, 15) is 0 Å². The van der Waals surface area contributed by atoms with Gasteiger partial charge < -0.3 is 10.1 Å². The molecule has 1 N–H and O–H groups in total. The van der Waals surface area contributed by atoms with Crippen molar-refractivity contribution in [3.05, 3.63) is 29.3 Å². The Labute approximate surface area is 116 Å². The van der Waals surface area contributed by atoms with Gasteiger partial charge in [-0.1, -0.05) is 32.0 Å². The molecule has 1 saturated carbocycles. The van der Waals surface area contributed by atoms with Gasteiger partial charge in [0.15, 0.2) is 0 Å². The van der Waals surface area contributed by atoms with Crippen LogP contribution in [-0.2, 0) is 6.42 Å². The van der Waals surface area contributed by atoms with Gasteiger partial charge in [0.1, 0.15) is 5.75 Å². The first kappa shape index (κ1) is 13.0. The summed E-state index contributed by atoms with van der Waals surface area (Å²) in [6.07, 6.45) is 5.12. The maximum Gasteiger partial charge on any atom is 0.127 e. The average Bonchev–Trinajstić information content (AvgIpc) is 3.28. The quantitative estimate of drug-likeness (QED) is 0.870.